The van der Waals surface area contributed by atoms with Crippen molar-refractivity contribution in [1.29, 1.82) is 0 Å². The topological polar surface area (TPSA) is 6.48 Å². The second kappa shape index (κ2) is 9.90. The minimum absolute atomic E-state index is 0. The predicted octanol–water partition coefficient (Wildman–Crippen LogP) is 2.17. The van der Waals surface area contributed by atoms with Gasteiger partial charge in [0, 0.05) is 31.5 Å². The summed E-state index contributed by atoms with van der Waals surface area (Å²) in [6, 6.07) is 0. The van der Waals surface area contributed by atoms with Gasteiger partial charge in [-0.3, -0.25) is 0 Å². The molecule has 1 aliphatic rings. The maximum atomic E-state index is 3.45. The molecule has 1 saturated heterocycles. The Bertz CT molecular complexity index is 103. The molecule has 13 heavy (non-hydrogen) atoms. The van der Waals surface area contributed by atoms with Gasteiger partial charge in [-0.2, -0.15) is 0 Å². The Kier molecular flexibility index (Phi) is 12.8. The summed E-state index contributed by atoms with van der Waals surface area (Å²) in [4.78, 5) is 4.94. The lowest BCUT2D eigenvalue weighted by Crippen LogP contribution is -2.44. The summed E-state index contributed by atoms with van der Waals surface area (Å²) in [5, 5.41) is 1.14. The number of alkyl halides is 1. The van der Waals surface area contributed by atoms with E-state index in [0.717, 1.165) is 5.33 Å². The highest BCUT2D eigenvalue weighted by Crippen LogP contribution is 2.00. The van der Waals surface area contributed by atoms with E-state index in [1.54, 1.807) is 0 Å². The van der Waals surface area contributed by atoms with Crippen LogP contribution in [0.1, 0.15) is 6.42 Å². The summed E-state index contributed by atoms with van der Waals surface area (Å²) < 4.78 is 0. The summed E-state index contributed by atoms with van der Waals surface area (Å²) in [6.45, 7) is 6.25. The molecular formula is C8H19Br3N2. The third-order valence-corrected chi connectivity index (χ3v) is 2.76. The monoisotopic (exact) mass is 380 g/mol. The molecule has 82 valence electrons. The first kappa shape index (κ1) is 16.8. The summed E-state index contributed by atoms with van der Waals surface area (Å²) in [7, 11) is 2.20. The van der Waals surface area contributed by atoms with Gasteiger partial charge in [0.2, 0.25) is 0 Å². The minimum Gasteiger partial charge on any atom is -0.304 e. The van der Waals surface area contributed by atoms with Crippen LogP contribution in [0.4, 0.5) is 0 Å². The van der Waals surface area contributed by atoms with Gasteiger partial charge in [0.15, 0.2) is 0 Å². The molecule has 0 radical (unpaired) electrons. The van der Waals surface area contributed by atoms with E-state index in [-0.39, 0.29) is 34.0 Å². The van der Waals surface area contributed by atoms with Crippen molar-refractivity contribution in [2.75, 3.05) is 45.1 Å². The molecule has 0 spiro atoms. The SMILES string of the molecule is Br.Br.CN1CCN(CCCBr)CC1. The Hall–Kier alpha value is 1.36. The van der Waals surface area contributed by atoms with Crippen molar-refractivity contribution in [2.45, 2.75) is 6.42 Å². The zero-order valence-corrected chi connectivity index (χ0v) is 13.1. The zero-order valence-electron chi connectivity index (χ0n) is 8.04. The molecule has 1 fully saturated rings. The van der Waals surface area contributed by atoms with Crippen LogP contribution >= 0.6 is 49.9 Å². The van der Waals surface area contributed by atoms with Crippen LogP contribution in [0.3, 0.4) is 0 Å². The molecule has 0 aromatic carbocycles. The average molecular weight is 383 g/mol. The largest absolute Gasteiger partial charge is 0.304 e. The van der Waals surface area contributed by atoms with Crippen LogP contribution in [0, 0.1) is 0 Å². The van der Waals surface area contributed by atoms with Gasteiger partial charge in [-0.1, -0.05) is 15.9 Å². The normalized spacial score (nSPS) is 18.9. The molecule has 0 bridgehead atoms. The number of hydrogen-bond donors (Lipinski definition) is 0. The third kappa shape index (κ3) is 7.31. The van der Waals surface area contributed by atoms with E-state index in [4.69, 9.17) is 0 Å². The fourth-order valence-electron chi connectivity index (χ4n) is 1.35. The molecule has 0 N–H and O–H groups in total. The molecule has 5 heteroatoms. The maximum absolute atomic E-state index is 3.45. The Morgan fingerprint density at radius 3 is 2.08 bits per heavy atom. The fourth-order valence-corrected chi connectivity index (χ4v) is 1.61. The first-order valence-electron chi connectivity index (χ1n) is 4.30. The Labute approximate surface area is 111 Å². The molecule has 2 nitrogen and oxygen atoms in total. The Morgan fingerprint density at radius 2 is 1.62 bits per heavy atom. The molecule has 0 unspecified atom stereocenters. The molecule has 0 aliphatic carbocycles. The van der Waals surface area contributed by atoms with Crippen molar-refractivity contribution in [3.8, 4) is 0 Å². The molecule has 1 heterocycles. The fraction of sp³-hybridized carbons (Fsp3) is 1.00. The summed E-state index contributed by atoms with van der Waals surface area (Å²) in [5.74, 6) is 0. The van der Waals surface area contributed by atoms with E-state index >= 15 is 0 Å². The maximum Gasteiger partial charge on any atom is 0.0110 e. The predicted molar refractivity (Wildman–Crippen MR) is 73.0 cm³/mol. The number of rotatable bonds is 3. The van der Waals surface area contributed by atoms with Crippen molar-refractivity contribution >= 4 is 49.9 Å². The van der Waals surface area contributed by atoms with Crippen LogP contribution in [-0.4, -0.2) is 54.9 Å². The van der Waals surface area contributed by atoms with Crippen LogP contribution < -0.4 is 0 Å². The summed E-state index contributed by atoms with van der Waals surface area (Å²) in [6.07, 6.45) is 1.28. The zero-order chi connectivity index (χ0) is 8.10. The molecule has 1 rings (SSSR count). The summed E-state index contributed by atoms with van der Waals surface area (Å²) in [5.41, 5.74) is 0. The van der Waals surface area contributed by atoms with Crippen LogP contribution in [-0.2, 0) is 0 Å². The van der Waals surface area contributed by atoms with E-state index in [1.165, 1.54) is 39.1 Å². The third-order valence-electron chi connectivity index (χ3n) is 2.20. The van der Waals surface area contributed by atoms with Gasteiger partial charge < -0.3 is 9.80 Å². The number of halogens is 3. The Balaban J connectivity index is 0. The van der Waals surface area contributed by atoms with E-state index < -0.39 is 0 Å². The van der Waals surface area contributed by atoms with Crippen LogP contribution in [0.2, 0.25) is 0 Å². The Morgan fingerprint density at radius 1 is 1.08 bits per heavy atom. The lowest BCUT2D eigenvalue weighted by Gasteiger charge is -2.32. The van der Waals surface area contributed by atoms with E-state index in [0.29, 0.717) is 0 Å². The molecule has 1 aliphatic heterocycles. The first-order chi connectivity index (χ1) is 5.33. The van der Waals surface area contributed by atoms with Crippen molar-refractivity contribution in [3.05, 3.63) is 0 Å². The van der Waals surface area contributed by atoms with E-state index in [1.807, 2.05) is 0 Å². The minimum atomic E-state index is 0. The molecule has 0 saturated carbocycles. The number of hydrogen-bond acceptors (Lipinski definition) is 2. The standard InChI is InChI=1S/C8H17BrN2.2BrH/c1-10-5-7-11(8-6-10)4-2-3-9;;/h2-8H2,1H3;2*1H. The molecule has 0 aromatic heterocycles. The van der Waals surface area contributed by atoms with Crippen molar-refractivity contribution < 1.29 is 0 Å². The van der Waals surface area contributed by atoms with Gasteiger partial charge in [0.25, 0.3) is 0 Å². The van der Waals surface area contributed by atoms with E-state index in [9.17, 15) is 0 Å². The van der Waals surface area contributed by atoms with Gasteiger partial charge >= 0.3 is 0 Å². The molecule has 0 atom stereocenters. The smallest absolute Gasteiger partial charge is 0.0110 e. The van der Waals surface area contributed by atoms with Crippen molar-refractivity contribution in [1.82, 2.24) is 9.80 Å². The average Bonchev–Trinajstić information content (AvgIpc) is 2.04. The molecular weight excluding hydrogens is 364 g/mol. The highest BCUT2D eigenvalue weighted by Gasteiger charge is 2.11. The number of likely N-dealkylation sites (N-methyl/N-ethyl adjacent to an activating group) is 1. The number of piperazine rings is 1. The quantitative estimate of drug-likeness (QED) is 0.690. The highest BCUT2D eigenvalue weighted by molar-refractivity contribution is 9.09. The van der Waals surface area contributed by atoms with Crippen LogP contribution in [0.25, 0.3) is 0 Å². The van der Waals surface area contributed by atoms with Crippen LogP contribution in [0.5, 0.6) is 0 Å². The summed E-state index contributed by atoms with van der Waals surface area (Å²) >= 11 is 3.45. The van der Waals surface area contributed by atoms with E-state index in [2.05, 4.69) is 32.8 Å². The first-order valence-corrected chi connectivity index (χ1v) is 5.42. The van der Waals surface area contributed by atoms with Gasteiger partial charge in [-0.15, -0.1) is 34.0 Å². The van der Waals surface area contributed by atoms with Gasteiger partial charge in [0.05, 0.1) is 0 Å². The lowest BCUT2D eigenvalue weighted by molar-refractivity contribution is 0.155. The van der Waals surface area contributed by atoms with Gasteiger partial charge in [-0.25, -0.2) is 0 Å². The molecule has 0 amide bonds. The van der Waals surface area contributed by atoms with Crippen molar-refractivity contribution in [2.24, 2.45) is 0 Å². The molecule has 0 aromatic rings. The second-order valence-corrected chi connectivity index (χ2v) is 3.98. The second-order valence-electron chi connectivity index (χ2n) is 3.19. The van der Waals surface area contributed by atoms with Gasteiger partial charge in [-0.05, 0) is 20.0 Å². The lowest BCUT2D eigenvalue weighted by atomic mass is 10.3. The van der Waals surface area contributed by atoms with Crippen LogP contribution in [0.15, 0.2) is 0 Å². The highest BCUT2D eigenvalue weighted by atomic mass is 79.9. The van der Waals surface area contributed by atoms with Gasteiger partial charge in [0.1, 0.15) is 0 Å². The van der Waals surface area contributed by atoms with Crippen molar-refractivity contribution in [3.63, 3.8) is 0 Å². The number of nitrogens with zero attached hydrogens (tertiary/aromatic N) is 2.